The van der Waals surface area contributed by atoms with Crippen LogP contribution in [0, 0.1) is 19.7 Å². The van der Waals surface area contributed by atoms with E-state index in [0.29, 0.717) is 12.8 Å². The topological polar surface area (TPSA) is 38.3 Å². The van der Waals surface area contributed by atoms with E-state index in [1.165, 1.54) is 13.2 Å². The summed E-state index contributed by atoms with van der Waals surface area (Å²) in [5.74, 6) is -0.275. The van der Waals surface area contributed by atoms with Crippen molar-refractivity contribution in [1.29, 1.82) is 0 Å². The van der Waals surface area contributed by atoms with Gasteiger partial charge >= 0.3 is 0 Å². The minimum Gasteiger partial charge on any atom is -0.494 e. The van der Waals surface area contributed by atoms with Gasteiger partial charge in [0.05, 0.1) is 7.11 Å². The highest BCUT2D eigenvalue weighted by Crippen LogP contribution is 2.19. The van der Waals surface area contributed by atoms with Gasteiger partial charge in [-0.05, 0) is 55.2 Å². The van der Waals surface area contributed by atoms with Crippen molar-refractivity contribution in [2.75, 3.05) is 12.4 Å². The number of halogens is 1. The number of ether oxygens (including phenoxy) is 1. The summed E-state index contributed by atoms with van der Waals surface area (Å²) >= 11 is 0. The number of aryl methyl sites for hydroxylation is 3. The SMILES string of the molecule is COc1ccc(CCC(=O)Nc2cc(C)ccc2C)cc1F. The zero-order chi connectivity index (χ0) is 16.1. The molecule has 4 heteroatoms. The van der Waals surface area contributed by atoms with Crippen LogP contribution in [0.15, 0.2) is 36.4 Å². The largest absolute Gasteiger partial charge is 0.494 e. The van der Waals surface area contributed by atoms with Gasteiger partial charge < -0.3 is 10.1 Å². The molecule has 0 aliphatic rings. The summed E-state index contributed by atoms with van der Waals surface area (Å²) in [5, 5.41) is 2.90. The van der Waals surface area contributed by atoms with Crippen LogP contribution < -0.4 is 10.1 Å². The summed E-state index contributed by atoms with van der Waals surface area (Å²) in [6.07, 6.45) is 0.788. The molecule has 0 aromatic heterocycles. The Morgan fingerprint density at radius 2 is 1.95 bits per heavy atom. The molecule has 0 atom stereocenters. The molecule has 3 nitrogen and oxygen atoms in total. The van der Waals surface area contributed by atoms with E-state index in [-0.39, 0.29) is 11.7 Å². The quantitative estimate of drug-likeness (QED) is 0.905. The number of nitrogens with one attached hydrogen (secondary N) is 1. The Bertz CT molecular complexity index is 683. The van der Waals surface area contributed by atoms with Crippen molar-refractivity contribution < 1.29 is 13.9 Å². The van der Waals surface area contributed by atoms with Crippen molar-refractivity contribution in [2.24, 2.45) is 0 Å². The lowest BCUT2D eigenvalue weighted by Gasteiger charge is -2.10. The number of anilines is 1. The first-order chi connectivity index (χ1) is 10.5. The molecule has 2 aromatic rings. The molecule has 0 heterocycles. The monoisotopic (exact) mass is 301 g/mol. The predicted octanol–water partition coefficient (Wildman–Crippen LogP) is 4.02. The molecule has 2 aromatic carbocycles. The highest BCUT2D eigenvalue weighted by molar-refractivity contribution is 5.91. The summed E-state index contributed by atoms with van der Waals surface area (Å²) in [7, 11) is 1.43. The second-order valence-electron chi connectivity index (χ2n) is 5.34. The van der Waals surface area contributed by atoms with Crippen LogP contribution in [-0.4, -0.2) is 13.0 Å². The van der Waals surface area contributed by atoms with Crippen LogP contribution in [0.5, 0.6) is 5.75 Å². The van der Waals surface area contributed by atoms with Crippen LogP contribution in [0.2, 0.25) is 0 Å². The number of amides is 1. The maximum absolute atomic E-state index is 13.6. The molecule has 0 aliphatic carbocycles. The van der Waals surface area contributed by atoms with Gasteiger partial charge in [-0.15, -0.1) is 0 Å². The lowest BCUT2D eigenvalue weighted by atomic mass is 10.1. The van der Waals surface area contributed by atoms with Gasteiger partial charge in [0, 0.05) is 12.1 Å². The van der Waals surface area contributed by atoms with Gasteiger partial charge in [-0.25, -0.2) is 4.39 Å². The van der Waals surface area contributed by atoms with Crippen molar-refractivity contribution in [3.63, 3.8) is 0 Å². The molecule has 1 N–H and O–H groups in total. The van der Waals surface area contributed by atoms with E-state index in [0.717, 1.165) is 22.4 Å². The number of hydrogen-bond acceptors (Lipinski definition) is 2. The number of hydrogen-bond donors (Lipinski definition) is 1. The highest BCUT2D eigenvalue weighted by Gasteiger charge is 2.08. The van der Waals surface area contributed by atoms with E-state index in [1.54, 1.807) is 12.1 Å². The maximum atomic E-state index is 13.6. The molecule has 0 radical (unpaired) electrons. The number of methoxy groups -OCH3 is 1. The summed E-state index contributed by atoms with van der Waals surface area (Å²) in [4.78, 5) is 12.0. The first-order valence-electron chi connectivity index (χ1n) is 7.19. The third kappa shape index (κ3) is 4.07. The van der Waals surface area contributed by atoms with Crippen LogP contribution in [0.1, 0.15) is 23.1 Å². The zero-order valence-corrected chi connectivity index (χ0v) is 13.1. The zero-order valence-electron chi connectivity index (χ0n) is 13.1. The molecule has 0 saturated carbocycles. The Morgan fingerprint density at radius 1 is 1.18 bits per heavy atom. The Balaban J connectivity index is 1.95. The molecule has 0 bridgehead atoms. The minimum absolute atomic E-state index is 0.0788. The van der Waals surface area contributed by atoms with Crippen LogP contribution >= 0.6 is 0 Å². The third-order valence-electron chi connectivity index (χ3n) is 3.52. The number of benzene rings is 2. The van der Waals surface area contributed by atoms with Crippen molar-refractivity contribution in [3.05, 3.63) is 58.9 Å². The molecule has 116 valence electrons. The Morgan fingerprint density at radius 3 is 2.64 bits per heavy atom. The fourth-order valence-electron chi connectivity index (χ4n) is 2.21. The number of carbonyl (C=O) groups is 1. The highest BCUT2D eigenvalue weighted by atomic mass is 19.1. The van der Waals surface area contributed by atoms with Gasteiger partial charge in [-0.1, -0.05) is 18.2 Å². The molecule has 0 unspecified atom stereocenters. The molecule has 22 heavy (non-hydrogen) atoms. The van der Waals surface area contributed by atoms with E-state index in [4.69, 9.17) is 4.74 Å². The summed E-state index contributed by atoms with van der Waals surface area (Å²) in [6, 6.07) is 10.7. The smallest absolute Gasteiger partial charge is 0.224 e. The van der Waals surface area contributed by atoms with Gasteiger partial charge in [0.25, 0.3) is 0 Å². The second kappa shape index (κ2) is 7.07. The summed E-state index contributed by atoms with van der Waals surface area (Å²) in [6.45, 7) is 3.93. The fourth-order valence-corrected chi connectivity index (χ4v) is 2.21. The lowest BCUT2D eigenvalue weighted by Crippen LogP contribution is -2.13. The number of rotatable bonds is 5. The first-order valence-corrected chi connectivity index (χ1v) is 7.19. The van der Waals surface area contributed by atoms with E-state index < -0.39 is 5.82 Å². The fraction of sp³-hybridized carbons (Fsp3) is 0.278. The molecule has 2 rings (SSSR count). The van der Waals surface area contributed by atoms with Crippen LogP contribution in [0.4, 0.5) is 10.1 Å². The average molecular weight is 301 g/mol. The van der Waals surface area contributed by atoms with Gasteiger partial charge in [0.2, 0.25) is 5.91 Å². The van der Waals surface area contributed by atoms with Crippen molar-refractivity contribution in [2.45, 2.75) is 26.7 Å². The molecule has 1 amide bonds. The summed E-state index contributed by atoms with van der Waals surface area (Å²) in [5.41, 5.74) is 3.72. The van der Waals surface area contributed by atoms with E-state index in [9.17, 15) is 9.18 Å². The lowest BCUT2D eigenvalue weighted by molar-refractivity contribution is -0.116. The van der Waals surface area contributed by atoms with Crippen molar-refractivity contribution >= 4 is 11.6 Å². The maximum Gasteiger partial charge on any atom is 0.224 e. The standard InChI is InChI=1S/C18H20FNO2/c1-12-4-5-13(2)16(10-12)20-18(21)9-7-14-6-8-17(22-3)15(19)11-14/h4-6,8,10-11H,7,9H2,1-3H3,(H,20,21). The van der Waals surface area contributed by atoms with Crippen molar-refractivity contribution in [1.82, 2.24) is 0 Å². The molecular formula is C18H20FNO2. The molecule has 0 saturated heterocycles. The van der Waals surface area contributed by atoms with E-state index in [2.05, 4.69) is 5.32 Å². The summed E-state index contributed by atoms with van der Waals surface area (Å²) < 4.78 is 18.5. The van der Waals surface area contributed by atoms with E-state index in [1.807, 2.05) is 32.0 Å². The molecule has 0 fully saturated rings. The second-order valence-corrected chi connectivity index (χ2v) is 5.34. The van der Waals surface area contributed by atoms with E-state index >= 15 is 0 Å². The Labute approximate surface area is 130 Å². The number of carbonyl (C=O) groups excluding carboxylic acids is 1. The average Bonchev–Trinajstić information content (AvgIpc) is 2.49. The van der Waals surface area contributed by atoms with Gasteiger partial charge in [0.1, 0.15) is 0 Å². The van der Waals surface area contributed by atoms with Crippen LogP contribution in [0.25, 0.3) is 0 Å². The third-order valence-corrected chi connectivity index (χ3v) is 3.52. The van der Waals surface area contributed by atoms with Crippen LogP contribution in [0.3, 0.4) is 0 Å². The van der Waals surface area contributed by atoms with Gasteiger partial charge in [0.15, 0.2) is 11.6 Å². The first kappa shape index (κ1) is 16.0. The molecular weight excluding hydrogens is 281 g/mol. The molecule has 0 aliphatic heterocycles. The van der Waals surface area contributed by atoms with Gasteiger partial charge in [-0.2, -0.15) is 0 Å². The molecule has 0 spiro atoms. The predicted molar refractivity (Wildman–Crippen MR) is 85.8 cm³/mol. The Kier molecular flexibility index (Phi) is 5.15. The Hall–Kier alpha value is -2.36. The normalized spacial score (nSPS) is 10.4. The van der Waals surface area contributed by atoms with Crippen LogP contribution in [-0.2, 0) is 11.2 Å². The minimum atomic E-state index is -0.407. The van der Waals surface area contributed by atoms with Crippen molar-refractivity contribution in [3.8, 4) is 5.75 Å². The van der Waals surface area contributed by atoms with Gasteiger partial charge in [-0.3, -0.25) is 4.79 Å².